The van der Waals surface area contributed by atoms with Gasteiger partial charge in [-0.2, -0.15) is 0 Å². The Balaban J connectivity index is 2.28. The van der Waals surface area contributed by atoms with E-state index in [1.54, 1.807) is 7.11 Å². The second-order valence-electron chi connectivity index (χ2n) is 3.24. The fourth-order valence-corrected chi connectivity index (χ4v) is 1.42. The molecule has 0 amide bonds. The molecule has 0 spiro atoms. The normalized spacial score (nSPS) is 28.2. The Morgan fingerprint density at radius 3 is 2.50 bits per heavy atom. The van der Waals surface area contributed by atoms with E-state index < -0.39 is 0 Å². The number of likely N-dealkylation sites (tertiary alicyclic amines) is 1. The van der Waals surface area contributed by atoms with Gasteiger partial charge in [-0.15, -0.1) is 0 Å². The summed E-state index contributed by atoms with van der Waals surface area (Å²) in [6, 6.07) is 0.681. The smallest absolute Gasteiger partial charge is 0.0710 e. The van der Waals surface area contributed by atoms with Crippen molar-refractivity contribution in [3.05, 3.63) is 0 Å². The molecule has 1 heterocycles. The highest BCUT2D eigenvalue weighted by atomic mass is 16.5. The minimum Gasteiger partial charge on any atom is -0.380 e. The molecule has 1 saturated heterocycles. The van der Waals surface area contributed by atoms with Crippen molar-refractivity contribution in [3.63, 3.8) is 0 Å². The van der Waals surface area contributed by atoms with Gasteiger partial charge in [-0.25, -0.2) is 0 Å². The minimum atomic E-state index is 0.488. The van der Waals surface area contributed by atoms with Crippen LogP contribution in [0.2, 0.25) is 0 Å². The maximum absolute atomic E-state index is 5.25. The molecule has 2 nitrogen and oxygen atoms in total. The lowest BCUT2D eigenvalue weighted by molar-refractivity contribution is 0.104. The first kappa shape index (κ1) is 8.02. The molecule has 0 bridgehead atoms. The Morgan fingerprint density at radius 1 is 1.50 bits per heavy atom. The lowest BCUT2D eigenvalue weighted by atomic mass is 10.3. The van der Waals surface area contributed by atoms with Gasteiger partial charge in [0.25, 0.3) is 0 Å². The number of nitrogens with zero attached hydrogens (tertiary/aromatic N) is 1. The van der Waals surface area contributed by atoms with Crippen molar-refractivity contribution >= 4 is 0 Å². The molecule has 1 unspecified atom stereocenters. The number of methoxy groups -OCH3 is 1. The lowest BCUT2D eigenvalue weighted by Crippen LogP contribution is -2.29. The molecule has 1 rings (SSSR count). The third-order valence-electron chi connectivity index (χ3n) is 2.24. The number of hydrogen-bond acceptors (Lipinski definition) is 2. The third kappa shape index (κ3) is 1.70. The van der Waals surface area contributed by atoms with Crippen molar-refractivity contribution in [2.45, 2.75) is 32.4 Å². The zero-order chi connectivity index (χ0) is 7.56. The first-order valence-electron chi connectivity index (χ1n) is 4.01. The summed E-state index contributed by atoms with van der Waals surface area (Å²) < 4.78 is 5.25. The Hall–Kier alpha value is -0.0800. The molecule has 0 aromatic rings. The van der Waals surface area contributed by atoms with Crippen LogP contribution in [0.4, 0.5) is 0 Å². The standard InChI is InChI=1S/C8H17NO/c1-7(2)9-5-4-8(6-9)10-3/h7-8H,4-6H2,1-3H3. The quantitative estimate of drug-likeness (QED) is 0.574. The molecule has 10 heavy (non-hydrogen) atoms. The summed E-state index contributed by atoms with van der Waals surface area (Å²) in [5.74, 6) is 0. The van der Waals surface area contributed by atoms with E-state index in [0.717, 1.165) is 6.54 Å². The highest BCUT2D eigenvalue weighted by Gasteiger charge is 2.23. The van der Waals surface area contributed by atoms with E-state index in [2.05, 4.69) is 18.7 Å². The van der Waals surface area contributed by atoms with Crippen LogP contribution in [0.25, 0.3) is 0 Å². The van der Waals surface area contributed by atoms with Gasteiger partial charge in [0, 0.05) is 26.2 Å². The maximum Gasteiger partial charge on any atom is 0.0710 e. The summed E-state index contributed by atoms with van der Waals surface area (Å²) in [5.41, 5.74) is 0. The van der Waals surface area contributed by atoms with Crippen LogP contribution in [0.3, 0.4) is 0 Å². The Labute approximate surface area is 63.2 Å². The summed E-state index contributed by atoms with van der Waals surface area (Å²) >= 11 is 0. The van der Waals surface area contributed by atoms with Crippen LogP contribution in [0.15, 0.2) is 0 Å². The number of ether oxygens (including phenoxy) is 1. The van der Waals surface area contributed by atoms with Crippen molar-refractivity contribution in [2.75, 3.05) is 20.2 Å². The van der Waals surface area contributed by atoms with Crippen LogP contribution in [0.1, 0.15) is 20.3 Å². The van der Waals surface area contributed by atoms with E-state index >= 15 is 0 Å². The number of hydrogen-bond donors (Lipinski definition) is 0. The van der Waals surface area contributed by atoms with Gasteiger partial charge in [0.1, 0.15) is 0 Å². The molecule has 0 aliphatic carbocycles. The van der Waals surface area contributed by atoms with E-state index in [9.17, 15) is 0 Å². The summed E-state index contributed by atoms with van der Waals surface area (Å²) in [4.78, 5) is 2.45. The Kier molecular flexibility index (Phi) is 2.69. The topological polar surface area (TPSA) is 12.5 Å². The van der Waals surface area contributed by atoms with Gasteiger partial charge < -0.3 is 4.74 Å². The minimum absolute atomic E-state index is 0.488. The molecule has 0 saturated carbocycles. The zero-order valence-electron chi connectivity index (χ0n) is 7.13. The molecular weight excluding hydrogens is 126 g/mol. The van der Waals surface area contributed by atoms with E-state index in [1.807, 2.05) is 0 Å². The van der Waals surface area contributed by atoms with Gasteiger partial charge in [-0.1, -0.05) is 0 Å². The molecule has 1 aliphatic heterocycles. The van der Waals surface area contributed by atoms with Gasteiger partial charge in [0.15, 0.2) is 0 Å². The second-order valence-corrected chi connectivity index (χ2v) is 3.24. The van der Waals surface area contributed by atoms with E-state index in [0.29, 0.717) is 12.1 Å². The van der Waals surface area contributed by atoms with Crippen LogP contribution in [-0.2, 0) is 4.74 Å². The van der Waals surface area contributed by atoms with Crippen LogP contribution in [0, 0.1) is 0 Å². The molecular formula is C8H17NO. The van der Waals surface area contributed by atoms with Crippen molar-refractivity contribution in [3.8, 4) is 0 Å². The van der Waals surface area contributed by atoms with Crippen molar-refractivity contribution < 1.29 is 4.74 Å². The van der Waals surface area contributed by atoms with Gasteiger partial charge in [-0.05, 0) is 20.3 Å². The molecule has 0 aromatic heterocycles. The summed E-state index contributed by atoms with van der Waals surface area (Å²) in [7, 11) is 1.80. The highest BCUT2D eigenvalue weighted by Crippen LogP contribution is 2.13. The second kappa shape index (κ2) is 3.35. The first-order chi connectivity index (χ1) is 4.74. The van der Waals surface area contributed by atoms with E-state index in [-0.39, 0.29) is 0 Å². The Morgan fingerprint density at radius 2 is 2.20 bits per heavy atom. The summed E-state index contributed by atoms with van der Waals surface area (Å²) in [5, 5.41) is 0. The number of rotatable bonds is 2. The maximum atomic E-state index is 5.25. The largest absolute Gasteiger partial charge is 0.380 e. The van der Waals surface area contributed by atoms with Crippen molar-refractivity contribution in [1.29, 1.82) is 0 Å². The average Bonchev–Trinajstić information content (AvgIpc) is 2.34. The summed E-state index contributed by atoms with van der Waals surface area (Å²) in [6.07, 6.45) is 1.69. The van der Waals surface area contributed by atoms with Crippen LogP contribution in [-0.4, -0.2) is 37.2 Å². The van der Waals surface area contributed by atoms with Crippen molar-refractivity contribution in [2.24, 2.45) is 0 Å². The van der Waals surface area contributed by atoms with E-state index in [4.69, 9.17) is 4.74 Å². The van der Waals surface area contributed by atoms with Gasteiger partial charge in [0.05, 0.1) is 6.10 Å². The van der Waals surface area contributed by atoms with Gasteiger partial charge in [0.2, 0.25) is 0 Å². The highest BCUT2D eigenvalue weighted by molar-refractivity contribution is 4.77. The average molecular weight is 143 g/mol. The van der Waals surface area contributed by atoms with Gasteiger partial charge >= 0.3 is 0 Å². The molecule has 60 valence electrons. The fourth-order valence-electron chi connectivity index (χ4n) is 1.42. The van der Waals surface area contributed by atoms with Crippen LogP contribution >= 0.6 is 0 Å². The van der Waals surface area contributed by atoms with Crippen molar-refractivity contribution in [1.82, 2.24) is 4.90 Å². The first-order valence-corrected chi connectivity index (χ1v) is 4.01. The van der Waals surface area contributed by atoms with Crippen LogP contribution in [0.5, 0.6) is 0 Å². The molecule has 2 heteroatoms. The van der Waals surface area contributed by atoms with Crippen LogP contribution < -0.4 is 0 Å². The predicted octanol–water partition coefficient (Wildman–Crippen LogP) is 1.12. The molecule has 0 radical (unpaired) electrons. The molecule has 1 atom stereocenters. The Bertz CT molecular complexity index is 103. The third-order valence-corrected chi connectivity index (χ3v) is 2.24. The van der Waals surface area contributed by atoms with E-state index in [1.165, 1.54) is 13.0 Å². The SMILES string of the molecule is COC1CCN(C(C)C)C1. The van der Waals surface area contributed by atoms with Gasteiger partial charge in [-0.3, -0.25) is 4.90 Å². The molecule has 1 fully saturated rings. The summed E-state index contributed by atoms with van der Waals surface area (Å²) in [6.45, 7) is 6.79. The molecule has 0 aromatic carbocycles. The monoisotopic (exact) mass is 143 g/mol. The fraction of sp³-hybridized carbons (Fsp3) is 1.00. The lowest BCUT2D eigenvalue weighted by Gasteiger charge is -2.19. The molecule has 0 N–H and O–H groups in total. The predicted molar refractivity (Wildman–Crippen MR) is 42.1 cm³/mol. The molecule has 1 aliphatic rings. The zero-order valence-corrected chi connectivity index (χ0v) is 7.13.